The maximum Gasteiger partial charge on any atom is 0.256 e. The molecule has 0 aliphatic rings. The van der Waals surface area contributed by atoms with Gasteiger partial charge in [0, 0.05) is 10.1 Å². The molecule has 2 amide bonds. The summed E-state index contributed by atoms with van der Waals surface area (Å²) in [7, 11) is 3.18. The second-order valence-electron chi connectivity index (χ2n) is 6.67. The van der Waals surface area contributed by atoms with Gasteiger partial charge in [0.1, 0.15) is 0 Å². The molecule has 160 valence electrons. The van der Waals surface area contributed by atoms with Gasteiger partial charge in [-0.2, -0.15) is 0 Å². The average molecular weight is 530 g/mol. The number of methoxy groups -OCH3 is 2. The van der Waals surface area contributed by atoms with Crippen molar-refractivity contribution >= 4 is 40.1 Å². The van der Waals surface area contributed by atoms with Crippen LogP contribution in [0.2, 0.25) is 0 Å². The van der Waals surface area contributed by atoms with Crippen molar-refractivity contribution in [3.8, 4) is 11.5 Å². The number of rotatable bonds is 8. The van der Waals surface area contributed by atoms with Gasteiger partial charge in [0.15, 0.2) is 11.5 Å². The highest BCUT2D eigenvalue weighted by Crippen LogP contribution is 2.27. The molecule has 0 radical (unpaired) electrons. The van der Waals surface area contributed by atoms with Crippen LogP contribution in [0.1, 0.15) is 26.3 Å². The average Bonchev–Trinajstić information content (AvgIpc) is 2.79. The minimum Gasteiger partial charge on any atom is -0.493 e. The Morgan fingerprint density at radius 3 is 2.23 bits per heavy atom. The summed E-state index contributed by atoms with van der Waals surface area (Å²) < 4.78 is 11.4. The van der Waals surface area contributed by atoms with Crippen molar-refractivity contribution < 1.29 is 19.1 Å². The molecule has 0 saturated carbocycles. The molecule has 0 unspecified atom stereocenters. The number of benzene rings is 3. The number of amides is 2. The SMILES string of the molecule is COc1ccc(CCNC(=O)c2ccccc2NC(=O)c2ccccc2I)cc1OC. The Labute approximate surface area is 195 Å². The van der Waals surface area contributed by atoms with Crippen LogP contribution in [0.15, 0.2) is 66.7 Å². The van der Waals surface area contributed by atoms with Gasteiger partial charge in [-0.1, -0.05) is 30.3 Å². The number of para-hydroxylation sites is 1. The summed E-state index contributed by atoms with van der Waals surface area (Å²) in [6.45, 7) is 0.438. The van der Waals surface area contributed by atoms with Crippen molar-refractivity contribution in [3.63, 3.8) is 0 Å². The van der Waals surface area contributed by atoms with E-state index in [9.17, 15) is 9.59 Å². The van der Waals surface area contributed by atoms with Crippen LogP contribution >= 0.6 is 22.6 Å². The van der Waals surface area contributed by atoms with Crippen LogP contribution in [0.5, 0.6) is 11.5 Å². The van der Waals surface area contributed by atoms with Crippen LogP contribution in [0.25, 0.3) is 0 Å². The third kappa shape index (κ3) is 5.75. The van der Waals surface area contributed by atoms with E-state index in [1.54, 1.807) is 44.6 Å². The van der Waals surface area contributed by atoms with Crippen molar-refractivity contribution in [1.29, 1.82) is 0 Å². The minimum absolute atomic E-state index is 0.251. The van der Waals surface area contributed by atoms with Crippen LogP contribution < -0.4 is 20.1 Å². The molecule has 0 aromatic heterocycles. The molecule has 0 atom stereocenters. The van der Waals surface area contributed by atoms with Gasteiger partial charge in [-0.25, -0.2) is 0 Å². The topological polar surface area (TPSA) is 76.7 Å². The maximum absolute atomic E-state index is 12.8. The lowest BCUT2D eigenvalue weighted by Gasteiger charge is -2.13. The molecule has 7 heteroatoms. The number of carbonyl (C=O) groups is 2. The lowest BCUT2D eigenvalue weighted by atomic mass is 10.1. The largest absolute Gasteiger partial charge is 0.493 e. The van der Waals surface area contributed by atoms with E-state index in [4.69, 9.17) is 9.47 Å². The van der Waals surface area contributed by atoms with Crippen LogP contribution in [0, 0.1) is 3.57 Å². The van der Waals surface area contributed by atoms with Crippen molar-refractivity contribution in [3.05, 3.63) is 87.0 Å². The lowest BCUT2D eigenvalue weighted by molar-refractivity contribution is 0.0955. The molecule has 0 heterocycles. The molecule has 31 heavy (non-hydrogen) atoms. The highest BCUT2D eigenvalue weighted by molar-refractivity contribution is 14.1. The van der Waals surface area contributed by atoms with E-state index in [1.165, 1.54) is 0 Å². The Balaban J connectivity index is 1.65. The van der Waals surface area contributed by atoms with E-state index in [-0.39, 0.29) is 11.8 Å². The fourth-order valence-electron chi connectivity index (χ4n) is 3.08. The zero-order chi connectivity index (χ0) is 22.2. The number of halogens is 1. The highest BCUT2D eigenvalue weighted by atomic mass is 127. The van der Waals surface area contributed by atoms with E-state index in [2.05, 4.69) is 33.2 Å². The molecule has 0 bridgehead atoms. The number of hydrogen-bond donors (Lipinski definition) is 2. The quantitative estimate of drug-likeness (QED) is 0.420. The number of hydrogen-bond acceptors (Lipinski definition) is 4. The fourth-order valence-corrected chi connectivity index (χ4v) is 3.71. The van der Waals surface area contributed by atoms with Gasteiger partial charge >= 0.3 is 0 Å². The third-order valence-electron chi connectivity index (χ3n) is 4.69. The van der Waals surface area contributed by atoms with Crippen LogP contribution in [0.4, 0.5) is 5.69 Å². The van der Waals surface area contributed by atoms with Crippen LogP contribution in [0.3, 0.4) is 0 Å². The van der Waals surface area contributed by atoms with Crippen LogP contribution in [-0.2, 0) is 6.42 Å². The van der Waals surface area contributed by atoms with Gasteiger partial charge in [0.2, 0.25) is 0 Å². The monoisotopic (exact) mass is 530 g/mol. The molecular formula is C24H23IN2O4. The van der Waals surface area contributed by atoms with Gasteiger partial charge in [-0.05, 0) is 71.0 Å². The van der Waals surface area contributed by atoms with Crippen molar-refractivity contribution in [2.45, 2.75) is 6.42 Å². The maximum atomic E-state index is 12.8. The van der Waals surface area contributed by atoms with Gasteiger partial charge in [-0.3, -0.25) is 9.59 Å². The summed E-state index contributed by atoms with van der Waals surface area (Å²) in [6, 6.07) is 19.9. The van der Waals surface area contributed by atoms with Gasteiger partial charge < -0.3 is 20.1 Å². The second kappa shape index (κ2) is 10.8. The molecule has 0 aliphatic heterocycles. The zero-order valence-corrected chi connectivity index (χ0v) is 19.4. The van der Waals surface area contributed by atoms with Crippen LogP contribution in [-0.4, -0.2) is 32.6 Å². The molecule has 0 spiro atoms. The normalized spacial score (nSPS) is 10.3. The first-order valence-corrected chi connectivity index (χ1v) is 10.8. The Morgan fingerprint density at radius 1 is 0.839 bits per heavy atom. The summed E-state index contributed by atoms with van der Waals surface area (Å²) in [5.41, 5.74) is 2.45. The number of nitrogens with one attached hydrogen (secondary N) is 2. The first-order valence-electron chi connectivity index (χ1n) is 9.67. The Bertz CT molecular complexity index is 1080. The van der Waals surface area contributed by atoms with E-state index < -0.39 is 0 Å². The Morgan fingerprint density at radius 2 is 1.52 bits per heavy atom. The standard InChI is InChI=1S/C24H23IN2O4/c1-30-21-12-11-16(15-22(21)31-2)13-14-26-23(28)18-8-4-6-10-20(18)27-24(29)17-7-3-5-9-19(17)25/h3-12,15H,13-14H2,1-2H3,(H,26,28)(H,27,29). The van der Waals surface area contributed by atoms with Crippen molar-refractivity contribution in [2.75, 3.05) is 26.1 Å². The molecule has 3 rings (SSSR count). The predicted molar refractivity (Wildman–Crippen MR) is 129 cm³/mol. The summed E-state index contributed by atoms with van der Waals surface area (Å²) in [6.07, 6.45) is 0.628. The third-order valence-corrected chi connectivity index (χ3v) is 5.63. The number of anilines is 1. The summed E-state index contributed by atoms with van der Waals surface area (Å²) >= 11 is 2.12. The van der Waals surface area contributed by atoms with Crippen molar-refractivity contribution in [1.82, 2.24) is 5.32 Å². The molecule has 6 nitrogen and oxygen atoms in total. The molecule has 3 aromatic carbocycles. The molecule has 2 N–H and O–H groups in total. The Hall–Kier alpha value is -3.07. The molecular weight excluding hydrogens is 507 g/mol. The molecule has 0 saturated heterocycles. The lowest BCUT2D eigenvalue weighted by Crippen LogP contribution is -2.27. The zero-order valence-electron chi connectivity index (χ0n) is 17.3. The highest BCUT2D eigenvalue weighted by Gasteiger charge is 2.15. The summed E-state index contributed by atoms with van der Waals surface area (Å²) in [4.78, 5) is 25.4. The fraction of sp³-hybridized carbons (Fsp3) is 0.167. The molecule has 3 aromatic rings. The van der Waals surface area contributed by atoms with Gasteiger partial charge in [0.25, 0.3) is 11.8 Å². The smallest absolute Gasteiger partial charge is 0.256 e. The van der Waals surface area contributed by atoms with Crippen molar-refractivity contribution in [2.24, 2.45) is 0 Å². The van der Waals surface area contributed by atoms with E-state index in [0.29, 0.717) is 41.3 Å². The predicted octanol–water partition coefficient (Wildman–Crippen LogP) is 4.53. The summed E-state index contributed by atoms with van der Waals surface area (Å²) in [5.74, 6) is 0.803. The first kappa shape index (κ1) is 22.6. The number of carbonyl (C=O) groups excluding carboxylic acids is 2. The minimum atomic E-state index is -0.254. The van der Waals surface area contributed by atoms with E-state index in [0.717, 1.165) is 9.13 Å². The Kier molecular flexibility index (Phi) is 7.88. The number of ether oxygens (including phenoxy) is 2. The van der Waals surface area contributed by atoms with Gasteiger partial charge in [-0.15, -0.1) is 0 Å². The second-order valence-corrected chi connectivity index (χ2v) is 7.84. The van der Waals surface area contributed by atoms with E-state index in [1.807, 2.05) is 36.4 Å². The summed E-state index contributed by atoms with van der Waals surface area (Å²) in [5, 5.41) is 5.76. The van der Waals surface area contributed by atoms with E-state index >= 15 is 0 Å². The molecule has 0 fully saturated rings. The van der Waals surface area contributed by atoms with Gasteiger partial charge in [0.05, 0.1) is 31.0 Å². The first-order chi connectivity index (χ1) is 15.0. The molecule has 0 aliphatic carbocycles.